The molecule has 1 aromatic heterocycles. The molecule has 2 aromatic rings. The number of aryl methyl sites for hydroxylation is 3. The number of amides is 1. The van der Waals surface area contributed by atoms with E-state index in [1.807, 2.05) is 13.8 Å². The largest absolute Gasteiger partial charge is 0.365 e. The minimum Gasteiger partial charge on any atom is -0.365 e. The predicted molar refractivity (Wildman–Crippen MR) is 107 cm³/mol. The molecular formula is C21H25ClFN3O. The number of hydrogen-bond acceptors (Lipinski definition) is 3. The summed E-state index contributed by atoms with van der Waals surface area (Å²) in [6.07, 6.45) is 4.02. The fourth-order valence-electron chi connectivity index (χ4n) is 3.53. The Balaban J connectivity index is 1.74. The second-order valence-electron chi connectivity index (χ2n) is 7.30. The monoisotopic (exact) mass is 389 g/mol. The van der Waals surface area contributed by atoms with Crippen LogP contribution >= 0.6 is 11.6 Å². The third-order valence-electron chi connectivity index (χ3n) is 5.24. The summed E-state index contributed by atoms with van der Waals surface area (Å²) in [7, 11) is 0. The number of aromatic nitrogens is 1. The average Bonchev–Trinajstić information content (AvgIpc) is 2.63. The van der Waals surface area contributed by atoms with Gasteiger partial charge in [-0.05, 0) is 62.9 Å². The Kier molecular flexibility index (Phi) is 6.00. The zero-order valence-electron chi connectivity index (χ0n) is 15.9. The highest BCUT2D eigenvalue weighted by Gasteiger charge is 2.27. The number of halogens is 2. The average molecular weight is 390 g/mol. The Morgan fingerprint density at radius 2 is 1.81 bits per heavy atom. The first-order valence-electron chi connectivity index (χ1n) is 9.32. The topological polar surface area (TPSA) is 54.0 Å². The number of rotatable bonds is 4. The van der Waals surface area contributed by atoms with Crippen LogP contribution in [-0.4, -0.2) is 23.0 Å². The van der Waals surface area contributed by atoms with E-state index in [9.17, 15) is 9.18 Å². The molecule has 1 amide bonds. The van der Waals surface area contributed by atoms with Gasteiger partial charge in [0.15, 0.2) is 0 Å². The van der Waals surface area contributed by atoms with Crippen molar-refractivity contribution in [3.8, 4) is 0 Å². The lowest BCUT2D eigenvalue weighted by Gasteiger charge is -2.33. The number of pyridine rings is 1. The summed E-state index contributed by atoms with van der Waals surface area (Å²) in [6, 6.07) is 6.26. The molecule has 2 atom stereocenters. The molecule has 0 radical (unpaired) electrons. The molecule has 2 N–H and O–H groups in total. The Hall–Kier alpha value is -2.14. The van der Waals surface area contributed by atoms with Crippen molar-refractivity contribution >= 4 is 23.3 Å². The van der Waals surface area contributed by atoms with Crippen molar-refractivity contribution < 1.29 is 9.18 Å². The molecule has 1 fully saturated rings. The number of anilines is 1. The van der Waals surface area contributed by atoms with Gasteiger partial charge in [-0.1, -0.05) is 30.5 Å². The van der Waals surface area contributed by atoms with E-state index in [-0.39, 0.29) is 23.0 Å². The molecule has 3 rings (SSSR count). The van der Waals surface area contributed by atoms with Gasteiger partial charge in [0.1, 0.15) is 11.6 Å². The second kappa shape index (κ2) is 8.26. The van der Waals surface area contributed by atoms with E-state index < -0.39 is 5.82 Å². The molecule has 1 aromatic carbocycles. The smallest absolute Gasteiger partial charge is 0.251 e. The van der Waals surface area contributed by atoms with Crippen LogP contribution in [0.1, 0.15) is 52.9 Å². The van der Waals surface area contributed by atoms with Crippen LogP contribution in [0.5, 0.6) is 0 Å². The van der Waals surface area contributed by atoms with Crippen molar-refractivity contribution in [2.24, 2.45) is 0 Å². The summed E-state index contributed by atoms with van der Waals surface area (Å²) in [6.45, 7) is 6.09. The maximum Gasteiger partial charge on any atom is 0.251 e. The molecule has 2 unspecified atom stereocenters. The Morgan fingerprint density at radius 3 is 2.52 bits per heavy atom. The molecule has 27 heavy (non-hydrogen) atoms. The van der Waals surface area contributed by atoms with Crippen molar-refractivity contribution in [2.75, 3.05) is 5.32 Å². The molecular weight excluding hydrogens is 365 g/mol. The summed E-state index contributed by atoms with van der Waals surface area (Å²) in [5, 5.41) is 6.57. The van der Waals surface area contributed by atoms with Gasteiger partial charge >= 0.3 is 0 Å². The van der Waals surface area contributed by atoms with E-state index in [4.69, 9.17) is 11.6 Å². The van der Waals surface area contributed by atoms with E-state index in [1.165, 1.54) is 23.8 Å². The summed E-state index contributed by atoms with van der Waals surface area (Å²) >= 11 is 5.81. The van der Waals surface area contributed by atoms with E-state index in [2.05, 4.69) is 28.6 Å². The van der Waals surface area contributed by atoms with Gasteiger partial charge in [-0.25, -0.2) is 9.37 Å². The van der Waals surface area contributed by atoms with Crippen LogP contribution in [0.4, 0.5) is 10.2 Å². The van der Waals surface area contributed by atoms with Gasteiger partial charge < -0.3 is 10.6 Å². The van der Waals surface area contributed by atoms with Crippen molar-refractivity contribution in [1.29, 1.82) is 0 Å². The summed E-state index contributed by atoms with van der Waals surface area (Å²) in [5.41, 5.74) is 3.63. The van der Waals surface area contributed by atoms with Gasteiger partial charge in [-0.15, -0.1) is 0 Å². The highest BCUT2D eigenvalue weighted by atomic mass is 35.5. The summed E-state index contributed by atoms with van der Waals surface area (Å²) in [4.78, 5) is 17.3. The van der Waals surface area contributed by atoms with Crippen molar-refractivity contribution in [3.63, 3.8) is 0 Å². The molecule has 0 aliphatic heterocycles. The lowest BCUT2D eigenvalue weighted by Crippen LogP contribution is -2.48. The van der Waals surface area contributed by atoms with Crippen LogP contribution in [0.3, 0.4) is 0 Å². The van der Waals surface area contributed by atoms with Gasteiger partial charge in [0.2, 0.25) is 0 Å². The Morgan fingerprint density at radius 1 is 1.11 bits per heavy atom. The normalized spacial score (nSPS) is 19.6. The molecule has 1 heterocycles. The fourth-order valence-corrected chi connectivity index (χ4v) is 3.71. The zero-order chi connectivity index (χ0) is 19.6. The minimum absolute atomic E-state index is 0.0158. The second-order valence-corrected chi connectivity index (χ2v) is 7.71. The lowest BCUT2D eigenvalue weighted by molar-refractivity contribution is 0.0923. The van der Waals surface area contributed by atoms with E-state index >= 15 is 0 Å². The lowest BCUT2D eigenvalue weighted by atomic mass is 9.90. The molecule has 4 nitrogen and oxygen atoms in total. The Bertz CT molecular complexity index is 856. The molecule has 0 bridgehead atoms. The molecule has 1 aliphatic rings. The SMILES string of the molecule is Cc1cc(C)c(NC2CCCCC2NC(=O)c2ccc(F)c(Cl)c2)nc1C. The first-order valence-corrected chi connectivity index (χ1v) is 9.70. The zero-order valence-corrected chi connectivity index (χ0v) is 16.7. The van der Waals surface area contributed by atoms with Crippen LogP contribution in [0.15, 0.2) is 24.3 Å². The van der Waals surface area contributed by atoms with Crippen molar-refractivity contribution in [3.05, 3.63) is 57.5 Å². The first kappa shape index (κ1) is 19.6. The molecule has 1 saturated carbocycles. The number of nitrogens with one attached hydrogen (secondary N) is 2. The highest BCUT2D eigenvalue weighted by molar-refractivity contribution is 6.31. The number of nitrogens with zero attached hydrogens (tertiary/aromatic N) is 1. The predicted octanol–water partition coefficient (Wildman–Crippen LogP) is 4.95. The van der Waals surface area contributed by atoms with E-state index in [1.54, 1.807) is 0 Å². The number of carbonyl (C=O) groups is 1. The van der Waals surface area contributed by atoms with Crippen LogP contribution in [0, 0.1) is 26.6 Å². The van der Waals surface area contributed by atoms with Crippen molar-refractivity contribution in [1.82, 2.24) is 10.3 Å². The van der Waals surface area contributed by atoms with E-state index in [0.717, 1.165) is 42.8 Å². The number of hydrogen-bond donors (Lipinski definition) is 2. The third-order valence-corrected chi connectivity index (χ3v) is 5.53. The van der Waals surface area contributed by atoms with Crippen LogP contribution in [0.25, 0.3) is 0 Å². The maximum atomic E-state index is 13.3. The fraction of sp³-hybridized carbons (Fsp3) is 0.429. The molecule has 0 saturated heterocycles. The van der Waals surface area contributed by atoms with Gasteiger partial charge in [-0.2, -0.15) is 0 Å². The van der Waals surface area contributed by atoms with Gasteiger partial charge in [0.05, 0.1) is 5.02 Å². The molecule has 1 aliphatic carbocycles. The summed E-state index contributed by atoms with van der Waals surface area (Å²) < 4.78 is 13.3. The molecule has 144 valence electrons. The van der Waals surface area contributed by atoms with Crippen LogP contribution < -0.4 is 10.6 Å². The minimum atomic E-state index is -0.526. The standard InChI is InChI=1S/C21H25ClFN3O/c1-12-10-13(2)20(24-14(12)3)25-18-6-4-5-7-19(18)26-21(27)15-8-9-17(23)16(22)11-15/h8-11,18-19H,4-7H2,1-3H3,(H,24,25)(H,26,27). The van der Waals surface area contributed by atoms with Gasteiger partial charge in [0, 0.05) is 23.3 Å². The van der Waals surface area contributed by atoms with Crippen LogP contribution in [0.2, 0.25) is 5.02 Å². The van der Waals surface area contributed by atoms with Crippen LogP contribution in [-0.2, 0) is 0 Å². The maximum absolute atomic E-state index is 13.3. The number of benzene rings is 1. The molecule has 0 spiro atoms. The van der Waals surface area contributed by atoms with Crippen molar-refractivity contribution in [2.45, 2.75) is 58.5 Å². The highest BCUT2D eigenvalue weighted by Crippen LogP contribution is 2.25. The third kappa shape index (κ3) is 4.59. The quantitative estimate of drug-likeness (QED) is 0.777. The van der Waals surface area contributed by atoms with Gasteiger partial charge in [-0.3, -0.25) is 4.79 Å². The first-order chi connectivity index (χ1) is 12.8. The molecule has 6 heteroatoms. The summed E-state index contributed by atoms with van der Waals surface area (Å²) in [5.74, 6) is 0.108. The van der Waals surface area contributed by atoms with Gasteiger partial charge in [0.25, 0.3) is 5.91 Å². The van der Waals surface area contributed by atoms with E-state index in [0.29, 0.717) is 5.56 Å². The Labute approximate surface area is 164 Å². The number of carbonyl (C=O) groups excluding carboxylic acids is 1.